The number of hydrogen-bond acceptors (Lipinski definition) is 3. The standard InChI is InChI=1S/C15H16BrN3O/c1-10-8-12(19(2)3)5-7-13(10)18-15(20)14-6-4-11(16)9-17-14/h4-9H,1-3H3,(H,18,20). The van der Waals surface area contributed by atoms with Gasteiger partial charge < -0.3 is 10.2 Å². The molecule has 0 saturated heterocycles. The fourth-order valence-electron chi connectivity index (χ4n) is 1.76. The molecule has 4 nitrogen and oxygen atoms in total. The molecule has 5 heteroatoms. The molecule has 1 N–H and O–H groups in total. The topological polar surface area (TPSA) is 45.2 Å². The molecule has 104 valence electrons. The summed E-state index contributed by atoms with van der Waals surface area (Å²) in [6, 6.07) is 9.39. The molecule has 0 radical (unpaired) electrons. The second-order valence-electron chi connectivity index (χ2n) is 4.71. The Morgan fingerprint density at radius 2 is 2.00 bits per heavy atom. The van der Waals surface area contributed by atoms with Gasteiger partial charge in [-0.1, -0.05) is 0 Å². The van der Waals surface area contributed by atoms with Crippen molar-refractivity contribution in [1.82, 2.24) is 4.98 Å². The minimum absolute atomic E-state index is 0.210. The molecule has 0 aliphatic carbocycles. The zero-order valence-corrected chi connectivity index (χ0v) is 13.2. The highest BCUT2D eigenvalue weighted by Crippen LogP contribution is 2.21. The lowest BCUT2D eigenvalue weighted by Gasteiger charge is -2.15. The first-order chi connectivity index (χ1) is 9.47. The van der Waals surface area contributed by atoms with E-state index in [0.717, 1.165) is 21.4 Å². The average Bonchev–Trinajstić information content (AvgIpc) is 2.41. The molecule has 0 fully saturated rings. The van der Waals surface area contributed by atoms with Gasteiger partial charge in [-0.25, -0.2) is 4.98 Å². The maximum Gasteiger partial charge on any atom is 0.274 e. The number of nitrogens with one attached hydrogen (secondary N) is 1. The Balaban J connectivity index is 2.17. The van der Waals surface area contributed by atoms with Crippen LogP contribution in [0.5, 0.6) is 0 Å². The first-order valence-corrected chi connectivity index (χ1v) is 6.97. The van der Waals surface area contributed by atoms with Crippen LogP contribution in [0.2, 0.25) is 0 Å². The van der Waals surface area contributed by atoms with E-state index in [1.807, 2.05) is 44.1 Å². The van der Waals surface area contributed by atoms with Crippen LogP contribution in [0.4, 0.5) is 11.4 Å². The van der Waals surface area contributed by atoms with Gasteiger partial charge >= 0.3 is 0 Å². The Bertz CT molecular complexity index is 624. The average molecular weight is 334 g/mol. The SMILES string of the molecule is Cc1cc(N(C)C)ccc1NC(=O)c1ccc(Br)cn1. The van der Waals surface area contributed by atoms with Crippen LogP contribution in [0.25, 0.3) is 0 Å². The third-order valence-electron chi connectivity index (χ3n) is 2.93. The third-order valence-corrected chi connectivity index (χ3v) is 3.40. The molecule has 0 saturated carbocycles. The van der Waals surface area contributed by atoms with E-state index in [9.17, 15) is 4.79 Å². The van der Waals surface area contributed by atoms with Gasteiger partial charge in [-0.3, -0.25) is 4.79 Å². The largest absolute Gasteiger partial charge is 0.378 e. The van der Waals surface area contributed by atoms with Crippen molar-refractivity contribution >= 4 is 33.2 Å². The number of aromatic nitrogens is 1. The Kier molecular flexibility index (Phi) is 4.39. The number of pyridine rings is 1. The van der Waals surface area contributed by atoms with Crippen LogP contribution in [-0.2, 0) is 0 Å². The van der Waals surface area contributed by atoms with E-state index in [-0.39, 0.29) is 5.91 Å². The van der Waals surface area contributed by atoms with E-state index >= 15 is 0 Å². The number of benzene rings is 1. The Hall–Kier alpha value is -1.88. The fraction of sp³-hybridized carbons (Fsp3) is 0.200. The van der Waals surface area contributed by atoms with Gasteiger partial charge in [0.05, 0.1) is 0 Å². The summed E-state index contributed by atoms with van der Waals surface area (Å²) in [5.74, 6) is -0.210. The quantitative estimate of drug-likeness (QED) is 0.935. The molecular weight excluding hydrogens is 318 g/mol. The van der Waals surface area contributed by atoms with Crippen molar-refractivity contribution < 1.29 is 4.79 Å². The number of nitrogens with zero attached hydrogens (tertiary/aromatic N) is 2. The van der Waals surface area contributed by atoms with Crippen LogP contribution in [0, 0.1) is 6.92 Å². The molecule has 1 amide bonds. The van der Waals surface area contributed by atoms with E-state index < -0.39 is 0 Å². The van der Waals surface area contributed by atoms with Crippen LogP contribution in [-0.4, -0.2) is 25.0 Å². The third kappa shape index (κ3) is 3.36. The van der Waals surface area contributed by atoms with Gasteiger partial charge in [0.2, 0.25) is 0 Å². The zero-order chi connectivity index (χ0) is 14.7. The number of rotatable bonds is 3. The molecular formula is C15H16BrN3O. The number of carbonyl (C=O) groups is 1. The molecule has 2 rings (SSSR count). The highest BCUT2D eigenvalue weighted by Gasteiger charge is 2.09. The van der Waals surface area contributed by atoms with E-state index in [1.54, 1.807) is 18.3 Å². The summed E-state index contributed by atoms with van der Waals surface area (Å²) in [6.45, 7) is 1.97. The lowest BCUT2D eigenvalue weighted by atomic mass is 10.1. The summed E-state index contributed by atoms with van der Waals surface area (Å²) in [5, 5.41) is 2.88. The molecule has 0 spiro atoms. The van der Waals surface area contributed by atoms with Crippen molar-refractivity contribution in [3.8, 4) is 0 Å². The normalized spacial score (nSPS) is 10.2. The minimum Gasteiger partial charge on any atom is -0.378 e. The first kappa shape index (κ1) is 14.5. The maximum atomic E-state index is 12.1. The van der Waals surface area contributed by atoms with Crippen LogP contribution in [0.15, 0.2) is 41.0 Å². The van der Waals surface area contributed by atoms with E-state index in [4.69, 9.17) is 0 Å². The van der Waals surface area contributed by atoms with Crippen molar-refractivity contribution in [3.05, 3.63) is 52.3 Å². The van der Waals surface area contributed by atoms with E-state index in [1.165, 1.54) is 0 Å². The second kappa shape index (κ2) is 6.05. The number of hydrogen-bond donors (Lipinski definition) is 1. The Morgan fingerprint density at radius 3 is 2.55 bits per heavy atom. The minimum atomic E-state index is -0.210. The zero-order valence-electron chi connectivity index (χ0n) is 11.6. The highest BCUT2D eigenvalue weighted by atomic mass is 79.9. The molecule has 1 aromatic carbocycles. The molecule has 0 bridgehead atoms. The Morgan fingerprint density at radius 1 is 1.25 bits per heavy atom. The lowest BCUT2D eigenvalue weighted by molar-refractivity contribution is 0.102. The Labute approximate surface area is 127 Å². The van der Waals surface area contributed by atoms with Crippen LogP contribution in [0.1, 0.15) is 16.1 Å². The molecule has 2 aromatic rings. The van der Waals surface area contributed by atoms with Crippen molar-refractivity contribution in [2.45, 2.75) is 6.92 Å². The lowest BCUT2D eigenvalue weighted by Crippen LogP contribution is -2.15. The summed E-state index contributed by atoms with van der Waals surface area (Å²) < 4.78 is 0.848. The van der Waals surface area contributed by atoms with Gasteiger partial charge in [0.1, 0.15) is 5.69 Å². The molecule has 1 heterocycles. The van der Waals surface area contributed by atoms with Gasteiger partial charge in [-0.2, -0.15) is 0 Å². The predicted molar refractivity (Wildman–Crippen MR) is 85.4 cm³/mol. The van der Waals surface area contributed by atoms with Crippen molar-refractivity contribution in [1.29, 1.82) is 0 Å². The number of anilines is 2. The summed E-state index contributed by atoms with van der Waals surface area (Å²) >= 11 is 3.30. The molecule has 0 unspecified atom stereocenters. The monoisotopic (exact) mass is 333 g/mol. The van der Waals surface area contributed by atoms with Crippen LogP contribution >= 0.6 is 15.9 Å². The maximum absolute atomic E-state index is 12.1. The van der Waals surface area contributed by atoms with E-state index in [2.05, 4.69) is 26.2 Å². The number of amides is 1. The second-order valence-corrected chi connectivity index (χ2v) is 5.63. The number of aryl methyl sites for hydroxylation is 1. The van der Waals surface area contributed by atoms with Gasteiger partial charge in [0.15, 0.2) is 0 Å². The summed E-state index contributed by atoms with van der Waals surface area (Å²) in [6.07, 6.45) is 1.61. The predicted octanol–water partition coefficient (Wildman–Crippen LogP) is 3.47. The number of halogens is 1. The van der Waals surface area contributed by atoms with Crippen LogP contribution < -0.4 is 10.2 Å². The molecule has 1 aromatic heterocycles. The number of carbonyl (C=O) groups excluding carboxylic acids is 1. The molecule has 0 aliphatic rings. The first-order valence-electron chi connectivity index (χ1n) is 6.18. The van der Waals surface area contributed by atoms with Gasteiger partial charge in [0, 0.05) is 36.1 Å². The molecule has 20 heavy (non-hydrogen) atoms. The van der Waals surface area contributed by atoms with Crippen LogP contribution in [0.3, 0.4) is 0 Å². The summed E-state index contributed by atoms with van der Waals surface area (Å²) in [7, 11) is 3.97. The smallest absolute Gasteiger partial charge is 0.274 e. The fourth-order valence-corrected chi connectivity index (χ4v) is 2.00. The van der Waals surface area contributed by atoms with Gasteiger partial charge in [-0.05, 0) is 58.7 Å². The van der Waals surface area contributed by atoms with Gasteiger partial charge in [0.25, 0.3) is 5.91 Å². The van der Waals surface area contributed by atoms with Crippen molar-refractivity contribution in [3.63, 3.8) is 0 Å². The highest BCUT2D eigenvalue weighted by molar-refractivity contribution is 9.10. The van der Waals surface area contributed by atoms with Crippen molar-refractivity contribution in [2.24, 2.45) is 0 Å². The van der Waals surface area contributed by atoms with Crippen molar-refractivity contribution in [2.75, 3.05) is 24.3 Å². The van der Waals surface area contributed by atoms with E-state index in [0.29, 0.717) is 5.69 Å². The summed E-state index contributed by atoms with van der Waals surface area (Å²) in [5.41, 5.74) is 3.30. The molecule has 0 atom stereocenters. The summed E-state index contributed by atoms with van der Waals surface area (Å²) in [4.78, 5) is 18.2. The molecule has 0 aliphatic heterocycles. The van der Waals surface area contributed by atoms with Gasteiger partial charge in [-0.15, -0.1) is 0 Å².